The van der Waals surface area contributed by atoms with Gasteiger partial charge in [0.25, 0.3) is 0 Å². The van der Waals surface area contributed by atoms with E-state index < -0.39 is 0 Å². The number of hydrogen-bond acceptors (Lipinski definition) is 0. The van der Waals surface area contributed by atoms with Gasteiger partial charge in [-0.25, -0.2) is 0 Å². The van der Waals surface area contributed by atoms with Crippen LogP contribution in [0, 0.1) is 0 Å². The number of nitrogens with one attached hydrogen (secondary N) is 1. The van der Waals surface area contributed by atoms with Crippen LogP contribution >= 0.6 is 0 Å². The van der Waals surface area contributed by atoms with Crippen LogP contribution in [0.15, 0.2) is 54.6 Å². The van der Waals surface area contributed by atoms with Crippen molar-refractivity contribution in [1.82, 2.24) is 5.73 Å². The Hall–Kier alpha value is -1.76. The van der Waals surface area contributed by atoms with Crippen LogP contribution in [0.2, 0.25) is 0 Å². The van der Waals surface area contributed by atoms with Gasteiger partial charge in [0.1, 0.15) is 0 Å². The SMILES string of the molecule is [NH]c1ccc(-c2ccccc2)cc1. The van der Waals surface area contributed by atoms with Crippen LogP contribution < -0.4 is 5.73 Å². The topological polar surface area (TPSA) is 23.8 Å². The van der Waals surface area contributed by atoms with Crippen molar-refractivity contribution in [3.8, 4) is 11.1 Å². The van der Waals surface area contributed by atoms with Crippen LogP contribution in [-0.2, 0) is 0 Å². The quantitative estimate of drug-likeness (QED) is 0.624. The van der Waals surface area contributed by atoms with Gasteiger partial charge in [0.2, 0.25) is 0 Å². The zero-order chi connectivity index (χ0) is 9.10. The zero-order valence-electron chi connectivity index (χ0n) is 7.20. The minimum absolute atomic E-state index is 0.555. The maximum atomic E-state index is 7.35. The third-order valence-electron chi connectivity index (χ3n) is 1.99. The fourth-order valence-corrected chi connectivity index (χ4v) is 1.29. The lowest BCUT2D eigenvalue weighted by Crippen LogP contribution is -1.76. The van der Waals surface area contributed by atoms with Crippen LogP contribution in [-0.4, -0.2) is 0 Å². The van der Waals surface area contributed by atoms with Gasteiger partial charge >= 0.3 is 0 Å². The molecule has 0 amide bonds. The maximum Gasteiger partial charge on any atom is 0.0540 e. The Bertz CT molecular complexity index is 376. The van der Waals surface area contributed by atoms with E-state index in [0.29, 0.717) is 5.69 Å². The Labute approximate surface area is 77.8 Å². The van der Waals surface area contributed by atoms with E-state index in [0.717, 1.165) is 5.56 Å². The molecule has 63 valence electrons. The highest BCUT2D eigenvalue weighted by molar-refractivity contribution is 5.64. The summed E-state index contributed by atoms with van der Waals surface area (Å²) in [5.41, 5.74) is 10.3. The molecular weight excluding hydrogens is 158 g/mol. The third kappa shape index (κ3) is 1.70. The lowest BCUT2D eigenvalue weighted by atomic mass is 10.1. The molecule has 0 fully saturated rings. The van der Waals surface area contributed by atoms with Crippen molar-refractivity contribution in [3.63, 3.8) is 0 Å². The first-order valence-corrected chi connectivity index (χ1v) is 4.23. The van der Waals surface area contributed by atoms with Gasteiger partial charge in [-0.1, -0.05) is 42.5 Å². The van der Waals surface area contributed by atoms with E-state index in [1.165, 1.54) is 5.56 Å². The molecule has 0 aliphatic heterocycles. The van der Waals surface area contributed by atoms with Gasteiger partial charge in [0.15, 0.2) is 0 Å². The molecule has 13 heavy (non-hydrogen) atoms. The van der Waals surface area contributed by atoms with Gasteiger partial charge in [0, 0.05) is 0 Å². The molecule has 0 heterocycles. The highest BCUT2D eigenvalue weighted by Gasteiger charge is 1.94. The Morgan fingerprint density at radius 3 is 1.77 bits per heavy atom. The normalized spacial score (nSPS) is 9.85. The van der Waals surface area contributed by atoms with Crippen molar-refractivity contribution in [1.29, 1.82) is 0 Å². The molecule has 0 atom stereocenters. The molecule has 2 aromatic carbocycles. The lowest BCUT2D eigenvalue weighted by molar-refractivity contribution is 1.48. The maximum absolute atomic E-state index is 7.35. The Morgan fingerprint density at radius 2 is 1.15 bits per heavy atom. The molecule has 2 aromatic rings. The van der Waals surface area contributed by atoms with Crippen molar-refractivity contribution in [2.75, 3.05) is 0 Å². The van der Waals surface area contributed by atoms with Gasteiger partial charge in [-0.15, -0.1) is 0 Å². The smallest absolute Gasteiger partial charge is 0.0540 e. The summed E-state index contributed by atoms with van der Waals surface area (Å²) >= 11 is 0. The van der Waals surface area contributed by atoms with Gasteiger partial charge < -0.3 is 5.73 Å². The van der Waals surface area contributed by atoms with Crippen molar-refractivity contribution >= 4 is 5.69 Å². The predicted octanol–water partition coefficient (Wildman–Crippen LogP) is 3.27. The fourth-order valence-electron chi connectivity index (χ4n) is 1.29. The first-order valence-electron chi connectivity index (χ1n) is 4.23. The van der Waals surface area contributed by atoms with Crippen LogP contribution in [0.5, 0.6) is 0 Å². The van der Waals surface area contributed by atoms with Gasteiger partial charge in [-0.2, -0.15) is 0 Å². The molecule has 0 aliphatic carbocycles. The van der Waals surface area contributed by atoms with Crippen molar-refractivity contribution in [2.45, 2.75) is 0 Å². The Morgan fingerprint density at radius 1 is 0.615 bits per heavy atom. The minimum atomic E-state index is 0.555. The molecule has 0 spiro atoms. The summed E-state index contributed by atoms with van der Waals surface area (Å²) in [6.07, 6.45) is 0. The van der Waals surface area contributed by atoms with Gasteiger partial charge in [-0.3, -0.25) is 0 Å². The average Bonchev–Trinajstić information content (AvgIpc) is 2.20. The molecule has 0 aliphatic rings. The summed E-state index contributed by atoms with van der Waals surface area (Å²) in [5.74, 6) is 0. The van der Waals surface area contributed by atoms with E-state index in [1.54, 1.807) is 0 Å². The Balaban J connectivity index is 2.42. The highest BCUT2D eigenvalue weighted by atomic mass is 14.5. The van der Waals surface area contributed by atoms with E-state index >= 15 is 0 Å². The molecule has 0 bridgehead atoms. The summed E-state index contributed by atoms with van der Waals surface area (Å²) in [4.78, 5) is 0. The van der Waals surface area contributed by atoms with Crippen LogP contribution in [0.25, 0.3) is 11.1 Å². The van der Waals surface area contributed by atoms with E-state index in [9.17, 15) is 0 Å². The van der Waals surface area contributed by atoms with Gasteiger partial charge in [0.05, 0.1) is 5.69 Å². The molecule has 1 heteroatoms. The first kappa shape index (κ1) is 7.87. The second-order valence-corrected chi connectivity index (χ2v) is 2.94. The Kier molecular flexibility index (Phi) is 2.01. The zero-order valence-corrected chi connectivity index (χ0v) is 7.20. The van der Waals surface area contributed by atoms with E-state index in [4.69, 9.17) is 5.73 Å². The summed E-state index contributed by atoms with van der Waals surface area (Å²) in [6, 6.07) is 17.7. The number of benzene rings is 2. The third-order valence-corrected chi connectivity index (χ3v) is 1.99. The molecule has 1 nitrogen and oxygen atoms in total. The monoisotopic (exact) mass is 168 g/mol. The molecular formula is C12H10N. The molecule has 2 rings (SSSR count). The van der Waals surface area contributed by atoms with E-state index in [2.05, 4.69) is 12.1 Å². The second-order valence-electron chi connectivity index (χ2n) is 2.94. The number of hydrogen-bond donors (Lipinski definition) is 0. The molecule has 0 aromatic heterocycles. The van der Waals surface area contributed by atoms with E-state index in [1.807, 2.05) is 42.5 Å². The van der Waals surface area contributed by atoms with Crippen molar-refractivity contribution in [2.24, 2.45) is 0 Å². The van der Waals surface area contributed by atoms with Crippen LogP contribution in [0.1, 0.15) is 0 Å². The summed E-state index contributed by atoms with van der Waals surface area (Å²) < 4.78 is 0. The minimum Gasteiger partial charge on any atom is -0.301 e. The van der Waals surface area contributed by atoms with Crippen molar-refractivity contribution < 1.29 is 0 Å². The second kappa shape index (κ2) is 3.31. The average molecular weight is 168 g/mol. The first-order chi connectivity index (χ1) is 6.36. The standard InChI is InChI=1S/C12H10N/c13-12-8-6-11(7-9-12)10-4-2-1-3-5-10/h1-9,13H. The summed E-state index contributed by atoms with van der Waals surface area (Å²) in [6.45, 7) is 0. The molecule has 1 N–H and O–H groups in total. The van der Waals surface area contributed by atoms with E-state index in [-0.39, 0.29) is 0 Å². The van der Waals surface area contributed by atoms with Crippen LogP contribution in [0.3, 0.4) is 0 Å². The highest BCUT2D eigenvalue weighted by Crippen LogP contribution is 2.19. The van der Waals surface area contributed by atoms with Gasteiger partial charge in [-0.05, 0) is 23.3 Å². The summed E-state index contributed by atoms with van der Waals surface area (Å²) in [7, 11) is 0. The molecule has 1 radical (unpaired) electrons. The summed E-state index contributed by atoms with van der Waals surface area (Å²) in [5, 5.41) is 0. The number of rotatable bonds is 1. The van der Waals surface area contributed by atoms with Crippen molar-refractivity contribution in [3.05, 3.63) is 54.6 Å². The predicted molar refractivity (Wildman–Crippen MR) is 54.6 cm³/mol. The molecule has 0 saturated heterocycles. The fraction of sp³-hybridized carbons (Fsp3) is 0. The largest absolute Gasteiger partial charge is 0.301 e. The molecule has 0 saturated carbocycles. The lowest BCUT2D eigenvalue weighted by Gasteiger charge is -2.00. The molecule has 0 unspecified atom stereocenters. The van der Waals surface area contributed by atoms with Crippen LogP contribution in [0.4, 0.5) is 5.69 Å².